The van der Waals surface area contributed by atoms with Crippen LogP contribution in [-0.2, 0) is 4.74 Å². The van der Waals surface area contributed by atoms with E-state index in [2.05, 4.69) is 11.8 Å². The third-order valence-electron chi connectivity index (χ3n) is 3.99. The second-order valence-corrected chi connectivity index (χ2v) is 5.50. The second kappa shape index (κ2) is 6.04. The Kier molecular flexibility index (Phi) is 4.61. The van der Waals surface area contributed by atoms with Crippen molar-refractivity contribution < 1.29 is 9.53 Å². The fourth-order valence-electron chi connectivity index (χ4n) is 2.50. The van der Waals surface area contributed by atoms with Crippen LogP contribution in [0, 0.1) is 0 Å². The molecule has 0 saturated carbocycles. The van der Waals surface area contributed by atoms with Crippen molar-refractivity contribution in [1.29, 1.82) is 0 Å². The summed E-state index contributed by atoms with van der Waals surface area (Å²) < 4.78 is 5.37. The Bertz CT molecular complexity index is 440. The Morgan fingerprint density at radius 1 is 1.32 bits per heavy atom. The molecule has 3 nitrogen and oxygen atoms in total. The van der Waals surface area contributed by atoms with Gasteiger partial charge in [0.05, 0.1) is 18.8 Å². The Labute approximate surface area is 119 Å². The van der Waals surface area contributed by atoms with Gasteiger partial charge in [-0.25, -0.2) is 0 Å². The number of nitrogens with zero attached hydrogens (tertiary/aromatic N) is 1. The summed E-state index contributed by atoms with van der Waals surface area (Å²) >= 11 is 5.87. The monoisotopic (exact) mass is 281 g/mol. The van der Waals surface area contributed by atoms with Crippen LogP contribution in [0.4, 0.5) is 0 Å². The number of hydrogen-bond acceptors (Lipinski definition) is 3. The van der Waals surface area contributed by atoms with Crippen molar-refractivity contribution >= 4 is 17.4 Å². The molecule has 0 bridgehead atoms. The maximum absolute atomic E-state index is 12.8. The van der Waals surface area contributed by atoms with Crippen LogP contribution in [0.1, 0.15) is 30.6 Å². The van der Waals surface area contributed by atoms with Crippen molar-refractivity contribution in [3.05, 3.63) is 34.9 Å². The summed E-state index contributed by atoms with van der Waals surface area (Å²) in [5, 5.41) is 0.654. The minimum atomic E-state index is -0.461. The van der Waals surface area contributed by atoms with Crippen molar-refractivity contribution in [3.8, 4) is 0 Å². The van der Waals surface area contributed by atoms with Crippen molar-refractivity contribution in [2.45, 2.75) is 25.8 Å². The summed E-state index contributed by atoms with van der Waals surface area (Å²) in [6.45, 7) is 7.10. The highest BCUT2D eigenvalue weighted by Gasteiger charge is 2.38. The number of morpholine rings is 1. The summed E-state index contributed by atoms with van der Waals surface area (Å²) in [7, 11) is 0. The van der Waals surface area contributed by atoms with Crippen molar-refractivity contribution in [2.75, 3.05) is 26.3 Å². The highest BCUT2D eigenvalue weighted by molar-refractivity contribution is 6.30. The Morgan fingerprint density at radius 2 is 1.89 bits per heavy atom. The first-order chi connectivity index (χ1) is 9.08. The highest BCUT2D eigenvalue weighted by Crippen LogP contribution is 2.26. The summed E-state index contributed by atoms with van der Waals surface area (Å²) in [6, 6.07) is 7.15. The summed E-state index contributed by atoms with van der Waals surface area (Å²) in [5.74, 6) is 0.161. The minimum Gasteiger partial charge on any atom is -0.379 e. The second-order valence-electron chi connectivity index (χ2n) is 5.06. The third kappa shape index (κ3) is 2.99. The first kappa shape index (κ1) is 14.5. The van der Waals surface area contributed by atoms with E-state index in [0.29, 0.717) is 18.2 Å². The largest absolute Gasteiger partial charge is 0.379 e. The lowest BCUT2D eigenvalue weighted by atomic mass is 9.86. The maximum atomic E-state index is 12.8. The number of ketones is 1. The molecule has 1 atom stereocenters. The molecule has 1 unspecified atom stereocenters. The number of carbonyl (C=O) groups excluding carboxylic acids is 1. The normalized spacial score (nSPS) is 19.9. The van der Waals surface area contributed by atoms with E-state index in [-0.39, 0.29) is 5.78 Å². The lowest BCUT2D eigenvalue weighted by Gasteiger charge is -2.41. The van der Waals surface area contributed by atoms with Gasteiger partial charge in [-0.15, -0.1) is 0 Å². The summed E-state index contributed by atoms with van der Waals surface area (Å²) in [5.41, 5.74) is 0.262. The van der Waals surface area contributed by atoms with E-state index in [1.54, 1.807) is 24.3 Å². The lowest BCUT2D eigenvalue weighted by Crippen LogP contribution is -2.56. The first-order valence-corrected chi connectivity index (χ1v) is 7.09. The smallest absolute Gasteiger partial charge is 0.182 e. The fraction of sp³-hybridized carbons (Fsp3) is 0.533. The Hall–Kier alpha value is -0.900. The molecule has 0 spiro atoms. The first-order valence-electron chi connectivity index (χ1n) is 6.71. The summed E-state index contributed by atoms with van der Waals surface area (Å²) in [4.78, 5) is 15.0. The van der Waals surface area contributed by atoms with Gasteiger partial charge in [-0.1, -0.05) is 18.5 Å². The van der Waals surface area contributed by atoms with Crippen LogP contribution in [0.2, 0.25) is 5.02 Å². The number of Topliss-reactive ketones (excluding diaryl/α,β-unsaturated/α-hetero) is 1. The topological polar surface area (TPSA) is 29.5 Å². The van der Waals surface area contributed by atoms with E-state index in [1.165, 1.54) is 0 Å². The average molecular weight is 282 g/mol. The van der Waals surface area contributed by atoms with E-state index in [9.17, 15) is 4.79 Å². The molecular weight excluding hydrogens is 262 g/mol. The number of hydrogen-bond donors (Lipinski definition) is 0. The quantitative estimate of drug-likeness (QED) is 0.795. The molecule has 19 heavy (non-hydrogen) atoms. The fourth-order valence-corrected chi connectivity index (χ4v) is 2.62. The number of benzene rings is 1. The van der Waals surface area contributed by atoms with Crippen LogP contribution in [-0.4, -0.2) is 42.5 Å². The van der Waals surface area contributed by atoms with E-state index in [1.807, 2.05) is 6.92 Å². The van der Waals surface area contributed by atoms with E-state index >= 15 is 0 Å². The molecule has 4 heteroatoms. The molecule has 0 N–H and O–H groups in total. The standard InChI is InChI=1S/C15H20ClNO2/c1-3-15(2,17-8-10-19-11-9-17)14(18)12-4-6-13(16)7-5-12/h4-7H,3,8-11H2,1-2H3. The summed E-state index contributed by atoms with van der Waals surface area (Å²) in [6.07, 6.45) is 0.786. The number of halogens is 1. The number of rotatable bonds is 4. The molecule has 1 aromatic carbocycles. The molecule has 104 valence electrons. The van der Waals surface area contributed by atoms with E-state index < -0.39 is 5.54 Å². The SMILES string of the molecule is CCC(C)(C(=O)c1ccc(Cl)cc1)N1CCOCC1. The molecule has 1 aromatic rings. The van der Waals surface area contributed by atoms with Crippen LogP contribution in [0.3, 0.4) is 0 Å². The Morgan fingerprint density at radius 3 is 2.42 bits per heavy atom. The van der Waals surface area contributed by atoms with Gasteiger partial charge in [-0.2, -0.15) is 0 Å². The molecule has 1 aliphatic rings. The van der Waals surface area contributed by atoms with Crippen molar-refractivity contribution in [2.24, 2.45) is 0 Å². The molecule has 0 aromatic heterocycles. The molecular formula is C15H20ClNO2. The molecule has 0 radical (unpaired) electrons. The zero-order valence-electron chi connectivity index (χ0n) is 11.5. The predicted octanol–water partition coefficient (Wildman–Crippen LogP) is 3.02. The molecule has 0 amide bonds. The number of ether oxygens (including phenoxy) is 1. The van der Waals surface area contributed by atoms with Gasteiger partial charge in [0.15, 0.2) is 5.78 Å². The third-order valence-corrected chi connectivity index (χ3v) is 4.25. The highest BCUT2D eigenvalue weighted by atomic mass is 35.5. The van der Waals surface area contributed by atoms with Gasteiger partial charge < -0.3 is 4.74 Å². The zero-order chi connectivity index (χ0) is 13.9. The van der Waals surface area contributed by atoms with Crippen LogP contribution in [0.5, 0.6) is 0 Å². The molecule has 1 fully saturated rings. The van der Waals surface area contributed by atoms with Gasteiger partial charge in [0, 0.05) is 23.7 Å². The predicted molar refractivity (Wildman–Crippen MR) is 76.9 cm³/mol. The number of carbonyl (C=O) groups is 1. The minimum absolute atomic E-state index is 0.161. The Balaban J connectivity index is 2.24. The van der Waals surface area contributed by atoms with Crippen LogP contribution >= 0.6 is 11.6 Å². The van der Waals surface area contributed by atoms with Gasteiger partial charge in [0.1, 0.15) is 0 Å². The van der Waals surface area contributed by atoms with Gasteiger partial charge in [0.25, 0.3) is 0 Å². The average Bonchev–Trinajstić information content (AvgIpc) is 2.47. The van der Waals surface area contributed by atoms with E-state index in [0.717, 1.165) is 25.1 Å². The lowest BCUT2D eigenvalue weighted by molar-refractivity contribution is -0.0106. The van der Waals surface area contributed by atoms with Crippen LogP contribution < -0.4 is 0 Å². The zero-order valence-corrected chi connectivity index (χ0v) is 12.2. The van der Waals surface area contributed by atoms with Crippen molar-refractivity contribution in [1.82, 2.24) is 4.90 Å². The molecule has 2 rings (SSSR count). The van der Waals surface area contributed by atoms with Gasteiger partial charge in [0.2, 0.25) is 0 Å². The van der Waals surface area contributed by atoms with Crippen LogP contribution in [0.15, 0.2) is 24.3 Å². The van der Waals surface area contributed by atoms with Gasteiger partial charge in [-0.3, -0.25) is 9.69 Å². The molecule has 1 saturated heterocycles. The van der Waals surface area contributed by atoms with Crippen molar-refractivity contribution in [3.63, 3.8) is 0 Å². The van der Waals surface area contributed by atoms with Gasteiger partial charge in [-0.05, 0) is 37.6 Å². The maximum Gasteiger partial charge on any atom is 0.182 e. The van der Waals surface area contributed by atoms with Crippen LogP contribution in [0.25, 0.3) is 0 Å². The van der Waals surface area contributed by atoms with Gasteiger partial charge >= 0.3 is 0 Å². The van der Waals surface area contributed by atoms with E-state index in [4.69, 9.17) is 16.3 Å². The molecule has 1 aliphatic heterocycles. The molecule has 0 aliphatic carbocycles. The molecule has 1 heterocycles.